The fraction of sp³-hybridized carbons (Fsp3) is 0.500. The highest BCUT2D eigenvalue weighted by Crippen LogP contribution is 2.19. The number of rotatable bonds is 8. The molecule has 0 aliphatic rings. The summed E-state index contributed by atoms with van der Waals surface area (Å²) in [6.45, 7) is 2.11. The largest absolute Gasteiger partial charge is 0.508 e. The number of hydrogen-bond acceptors (Lipinski definition) is 3. The number of phenols is 1. The Hall–Kier alpha value is -1.71. The summed E-state index contributed by atoms with van der Waals surface area (Å²) in [5, 5.41) is 18.2. The molecular weight excluding hydrogens is 232 g/mol. The molecule has 0 aliphatic heterocycles. The van der Waals surface area contributed by atoms with Crippen LogP contribution in [0.1, 0.15) is 39.0 Å². The average molecular weight is 252 g/mol. The Labute approximate surface area is 107 Å². The highest BCUT2D eigenvalue weighted by atomic mass is 16.5. The summed E-state index contributed by atoms with van der Waals surface area (Å²) < 4.78 is 5.40. The minimum absolute atomic E-state index is 0.136. The number of ether oxygens (including phenoxy) is 1. The van der Waals surface area contributed by atoms with E-state index in [0.717, 1.165) is 25.7 Å². The third-order valence-electron chi connectivity index (χ3n) is 2.71. The van der Waals surface area contributed by atoms with E-state index in [0.29, 0.717) is 12.2 Å². The Morgan fingerprint density at radius 3 is 2.44 bits per heavy atom. The highest BCUT2D eigenvalue weighted by molar-refractivity contribution is 5.72. The van der Waals surface area contributed by atoms with Gasteiger partial charge in [-0.1, -0.05) is 26.2 Å². The third-order valence-corrected chi connectivity index (χ3v) is 2.71. The van der Waals surface area contributed by atoms with Gasteiger partial charge in [0, 0.05) is 0 Å². The second-order valence-electron chi connectivity index (χ2n) is 4.29. The number of hydrogen-bond donors (Lipinski definition) is 2. The lowest BCUT2D eigenvalue weighted by Crippen LogP contribution is -2.26. The minimum atomic E-state index is -0.945. The quantitative estimate of drug-likeness (QED) is 0.697. The Kier molecular flexibility index (Phi) is 6.05. The highest BCUT2D eigenvalue weighted by Gasteiger charge is 2.18. The van der Waals surface area contributed by atoms with Crippen LogP contribution in [0.15, 0.2) is 24.3 Å². The van der Waals surface area contributed by atoms with Crippen molar-refractivity contribution in [3.63, 3.8) is 0 Å². The normalized spacial score (nSPS) is 12.1. The number of aromatic hydroxyl groups is 1. The van der Waals surface area contributed by atoms with E-state index < -0.39 is 12.1 Å². The van der Waals surface area contributed by atoms with Crippen LogP contribution in [0.4, 0.5) is 0 Å². The zero-order valence-corrected chi connectivity index (χ0v) is 10.6. The molecule has 0 bridgehead atoms. The van der Waals surface area contributed by atoms with Crippen molar-refractivity contribution in [1.29, 1.82) is 0 Å². The molecular formula is C14H20O4. The summed E-state index contributed by atoms with van der Waals surface area (Å²) in [5.74, 6) is -0.340. The molecule has 100 valence electrons. The number of carboxylic acid groups (broad SMARTS) is 1. The van der Waals surface area contributed by atoms with Crippen molar-refractivity contribution < 1.29 is 19.7 Å². The SMILES string of the molecule is CCCCCCC(Oc1ccc(O)cc1)C(=O)O. The van der Waals surface area contributed by atoms with Gasteiger partial charge >= 0.3 is 5.97 Å². The van der Waals surface area contributed by atoms with Gasteiger partial charge in [-0.25, -0.2) is 4.79 Å². The summed E-state index contributed by atoms with van der Waals surface area (Å²) in [5.41, 5.74) is 0. The zero-order valence-electron chi connectivity index (χ0n) is 10.6. The van der Waals surface area contributed by atoms with Crippen LogP contribution in [0.3, 0.4) is 0 Å². The van der Waals surface area contributed by atoms with Crippen LogP contribution in [-0.2, 0) is 4.79 Å². The Morgan fingerprint density at radius 2 is 1.89 bits per heavy atom. The van der Waals surface area contributed by atoms with Gasteiger partial charge in [0.2, 0.25) is 0 Å². The second-order valence-corrected chi connectivity index (χ2v) is 4.29. The Balaban J connectivity index is 2.47. The molecule has 2 N–H and O–H groups in total. The van der Waals surface area contributed by atoms with Gasteiger partial charge in [-0.05, 0) is 37.1 Å². The Morgan fingerprint density at radius 1 is 1.22 bits per heavy atom. The first-order chi connectivity index (χ1) is 8.63. The fourth-order valence-electron chi connectivity index (χ4n) is 1.68. The van der Waals surface area contributed by atoms with Gasteiger partial charge in [-0.2, -0.15) is 0 Å². The summed E-state index contributed by atoms with van der Waals surface area (Å²) in [4.78, 5) is 11.1. The predicted octanol–water partition coefficient (Wildman–Crippen LogP) is 3.19. The van der Waals surface area contributed by atoms with Gasteiger partial charge in [0.25, 0.3) is 0 Å². The van der Waals surface area contributed by atoms with E-state index in [9.17, 15) is 4.79 Å². The first-order valence-electron chi connectivity index (χ1n) is 6.32. The van der Waals surface area contributed by atoms with Gasteiger partial charge in [-0.15, -0.1) is 0 Å². The van der Waals surface area contributed by atoms with Gasteiger partial charge in [0.15, 0.2) is 6.10 Å². The number of carboxylic acids is 1. The third kappa shape index (κ3) is 5.08. The zero-order chi connectivity index (χ0) is 13.4. The van der Waals surface area contributed by atoms with Crippen LogP contribution in [0.25, 0.3) is 0 Å². The van der Waals surface area contributed by atoms with Crippen molar-refractivity contribution in [2.24, 2.45) is 0 Å². The maximum atomic E-state index is 11.1. The van der Waals surface area contributed by atoms with Crippen molar-refractivity contribution in [1.82, 2.24) is 0 Å². The molecule has 0 aliphatic carbocycles. The molecule has 0 saturated carbocycles. The molecule has 1 aromatic rings. The van der Waals surface area contributed by atoms with Crippen LogP contribution in [-0.4, -0.2) is 22.3 Å². The van der Waals surface area contributed by atoms with E-state index in [-0.39, 0.29) is 5.75 Å². The van der Waals surface area contributed by atoms with Gasteiger partial charge in [0.1, 0.15) is 11.5 Å². The number of carbonyl (C=O) groups is 1. The van der Waals surface area contributed by atoms with Crippen LogP contribution in [0.5, 0.6) is 11.5 Å². The van der Waals surface area contributed by atoms with Crippen LogP contribution < -0.4 is 4.74 Å². The van der Waals surface area contributed by atoms with Crippen molar-refractivity contribution in [2.75, 3.05) is 0 Å². The van der Waals surface area contributed by atoms with E-state index in [1.54, 1.807) is 12.1 Å². The molecule has 0 saturated heterocycles. The molecule has 1 atom stereocenters. The van der Waals surface area contributed by atoms with Crippen molar-refractivity contribution in [3.05, 3.63) is 24.3 Å². The fourth-order valence-corrected chi connectivity index (χ4v) is 1.68. The minimum Gasteiger partial charge on any atom is -0.508 e. The Bertz CT molecular complexity index is 359. The molecule has 1 unspecified atom stereocenters. The van der Waals surface area contributed by atoms with Gasteiger partial charge in [0.05, 0.1) is 0 Å². The molecule has 18 heavy (non-hydrogen) atoms. The van der Waals surface area contributed by atoms with Crippen LogP contribution >= 0.6 is 0 Å². The summed E-state index contributed by atoms with van der Waals surface area (Å²) in [6.07, 6.45) is 3.81. The first kappa shape index (κ1) is 14.4. The topological polar surface area (TPSA) is 66.8 Å². The van der Waals surface area contributed by atoms with E-state index in [1.807, 2.05) is 0 Å². The first-order valence-corrected chi connectivity index (χ1v) is 6.32. The molecule has 0 radical (unpaired) electrons. The lowest BCUT2D eigenvalue weighted by atomic mass is 10.1. The lowest BCUT2D eigenvalue weighted by Gasteiger charge is -2.15. The molecule has 0 heterocycles. The predicted molar refractivity (Wildman–Crippen MR) is 68.9 cm³/mol. The molecule has 1 rings (SSSR count). The maximum Gasteiger partial charge on any atom is 0.344 e. The van der Waals surface area contributed by atoms with E-state index in [4.69, 9.17) is 14.9 Å². The standard InChI is InChI=1S/C14H20O4/c1-2-3-4-5-6-13(14(16)17)18-12-9-7-11(15)8-10-12/h7-10,13,15H,2-6H2,1H3,(H,16,17). The second kappa shape index (κ2) is 7.58. The average Bonchev–Trinajstić information content (AvgIpc) is 2.35. The van der Waals surface area contributed by atoms with Crippen LogP contribution in [0.2, 0.25) is 0 Å². The molecule has 0 aromatic heterocycles. The smallest absolute Gasteiger partial charge is 0.344 e. The van der Waals surface area contributed by atoms with Crippen LogP contribution in [0, 0.1) is 0 Å². The molecule has 0 spiro atoms. The summed E-state index contributed by atoms with van der Waals surface area (Å²) >= 11 is 0. The van der Waals surface area contributed by atoms with Gasteiger partial charge in [-0.3, -0.25) is 0 Å². The van der Waals surface area contributed by atoms with Crippen molar-refractivity contribution in [3.8, 4) is 11.5 Å². The molecule has 4 nitrogen and oxygen atoms in total. The van der Waals surface area contributed by atoms with Gasteiger partial charge < -0.3 is 14.9 Å². The summed E-state index contributed by atoms with van der Waals surface area (Å²) in [6, 6.07) is 6.09. The molecule has 0 fully saturated rings. The summed E-state index contributed by atoms with van der Waals surface area (Å²) in [7, 11) is 0. The number of benzene rings is 1. The molecule has 0 amide bonds. The number of aliphatic carboxylic acids is 1. The number of unbranched alkanes of at least 4 members (excludes halogenated alkanes) is 3. The maximum absolute atomic E-state index is 11.1. The monoisotopic (exact) mass is 252 g/mol. The molecule has 1 aromatic carbocycles. The van der Waals surface area contributed by atoms with Crippen molar-refractivity contribution >= 4 is 5.97 Å². The van der Waals surface area contributed by atoms with E-state index in [2.05, 4.69) is 6.92 Å². The lowest BCUT2D eigenvalue weighted by molar-refractivity contribution is -0.145. The van der Waals surface area contributed by atoms with E-state index in [1.165, 1.54) is 12.1 Å². The number of phenolic OH excluding ortho intramolecular Hbond substituents is 1. The van der Waals surface area contributed by atoms with Crippen molar-refractivity contribution in [2.45, 2.75) is 45.1 Å². The van der Waals surface area contributed by atoms with E-state index >= 15 is 0 Å². The molecule has 4 heteroatoms.